The summed E-state index contributed by atoms with van der Waals surface area (Å²) in [4.78, 5) is 36.8. The van der Waals surface area contributed by atoms with Crippen LogP contribution in [0.5, 0.6) is 5.75 Å². The van der Waals surface area contributed by atoms with E-state index in [1.807, 2.05) is 19.1 Å². The molecule has 4 rings (SSSR count). The van der Waals surface area contributed by atoms with Crippen LogP contribution >= 0.6 is 0 Å². The Hall–Kier alpha value is -2.41. The van der Waals surface area contributed by atoms with Crippen LogP contribution in [0, 0.1) is 18.8 Å². The minimum atomic E-state index is -0.537. The van der Waals surface area contributed by atoms with Crippen molar-refractivity contribution < 1.29 is 23.9 Å². The molecular formula is C17H18N2O5. The predicted octanol–water partition coefficient (Wildman–Crippen LogP) is 0.567. The quantitative estimate of drug-likeness (QED) is 0.816. The van der Waals surface area contributed by atoms with Gasteiger partial charge in [-0.25, -0.2) is 0 Å². The summed E-state index contributed by atoms with van der Waals surface area (Å²) < 4.78 is 11.0. The van der Waals surface area contributed by atoms with Crippen molar-refractivity contribution in [3.8, 4) is 5.75 Å². The number of carbonyl (C=O) groups excluding carboxylic acids is 3. The van der Waals surface area contributed by atoms with Crippen molar-refractivity contribution in [2.75, 3.05) is 6.61 Å². The molecule has 3 aliphatic heterocycles. The number of nitrogens with one attached hydrogen (secondary N) is 1. The Bertz CT molecular complexity index is 673. The molecule has 7 heteroatoms. The van der Waals surface area contributed by atoms with Gasteiger partial charge in [0.05, 0.1) is 24.0 Å². The second-order valence-corrected chi connectivity index (χ2v) is 6.49. The summed E-state index contributed by atoms with van der Waals surface area (Å²) in [7, 11) is 0. The van der Waals surface area contributed by atoms with Crippen LogP contribution in [0.1, 0.15) is 18.4 Å². The van der Waals surface area contributed by atoms with Crippen molar-refractivity contribution in [1.29, 1.82) is 0 Å². The third-order valence-electron chi connectivity index (χ3n) is 4.91. The smallest absolute Gasteiger partial charge is 0.276 e. The number of hydrazine groups is 1. The largest absolute Gasteiger partial charge is 0.484 e. The van der Waals surface area contributed by atoms with Gasteiger partial charge in [-0.15, -0.1) is 0 Å². The zero-order valence-corrected chi connectivity index (χ0v) is 13.2. The van der Waals surface area contributed by atoms with Gasteiger partial charge in [-0.05, 0) is 31.9 Å². The molecule has 0 unspecified atom stereocenters. The van der Waals surface area contributed by atoms with Crippen LogP contribution in [0.25, 0.3) is 0 Å². The number of ether oxygens (including phenoxy) is 2. The lowest BCUT2D eigenvalue weighted by molar-refractivity contribution is -0.151. The molecule has 3 heterocycles. The van der Waals surface area contributed by atoms with E-state index in [0.29, 0.717) is 5.75 Å². The van der Waals surface area contributed by atoms with E-state index in [2.05, 4.69) is 5.43 Å². The van der Waals surface area contributed by atoms with Gasteiger partial charge in [-0.2, -0.15) is 5.01 Å². The van der Waals surface area contributed by atoms with Crippen LogP contribution in [0.3, 0.4) is 0 Å². The zero-order valence-electron chi connectivity index (χ0n) is 13.2. The van der Waals surface area contributed by atoms with Crippen LogP contribution in [0.4, 0.5) is 0 Å². The third kappa shape index (κ3) is 2.36. The number of imide groups is 1. The number of fused-ring (bicyclic) bond motifs is 5. The third-order valence-corrected chi connectivity index (χ3v) is 4.91. The fourth-order valence-electron chi connectivity index (χ4n) is 3.76. The van der Waals surface area contributed by atoms with Crippen molar-refractivity contribution in [2.24, 2.45) is 11.8 Å². The number of amides is 3. The molecule has 1 N–H and O–H groups in total. The monoisotopic (exact) mass is 330 g/mol. The predicted molar refractivity (Wildman–Crippen MR) is 81.5 cm³/mol. The SMILES string of the molecule is Cc1ccc(OCC(=O)NN2C(=O)[C@@H]3[C@H](C2=O)[C@@H]2CC[C@H]3O2)cc1. The van der Waals surface area contributed by atoms with Crippen molar-refractivity contribution in [2.45, 2.75) is 32.0 Å². The van der Waals surface area contributed by atoms with Crippen LogP contribution in [0.15, 0.2) is 24.3 Å². The highest BCUT2D eigenvalue weighted by Gasteiger charge is 2.62. The number of rotatable bonds is 4. The fourth-order valence-corrected chi connectivity index (χ4v) is 3.76. The summed E-state index contributed by atoms with van der Waals surface area (Å²) in [5, 5.41) is 0.851. The molecule has 1 aromatic carbocycles. The van der Waals surface area contributed by atoms with Gasteiger partial charge in [0.1, 0.15) is 5.75 Å². The highest BCUT2D eigenvalue weighted by Crippen LogP contribution is 2.47. The second kappa shape index (κ2) is 5.59. The molecule has 3 aliphatic rings. The second-order valence-electron chi connectivity index (χ2n) is 6.49. The molecule has 3 amide bonds. The minimum absolute atomic E-state index is 0.192. The van der Waals surface area contributed by atoms with E-state index in [4.69, 9.17) is 9.47 Å². The Morgan fingerprint density at radius 1 is 1.17 bits per heavy atom. The molecule has 0 aliphatic carbocycles. The highest BCUT2D eigenvalue weighted by molar-refractivity contribution is 6.07. The minimum Gasteiger partial charge on any atom is -0.484 e. The van der Waals surface area contributed by atoms with Crippen molar-refractivity contribution in [3.63, 3.8) is 0 Å². The van der Waals surface area contributed by atoms with Gasteiger partial charge in [0.2, 0.25) is 0 Å². The number of benzene rings is 1. The molecule has 2 bridgehead atoms. The molecule has 4 atom stereocenters. The van der Waals surface area contributed by atoms with Crippen LogP contribution in [0.2, 0.25) is 0 Å². The average Bonchev–Trinajstić information content (AvgIpc) is 3.24. The summed E-state index contributed by atoms with van der Waals surface area (Å²) in [5.74, 6) is -1.63. The number of nitrogens with zero attached hydrogens (tertiary/aromatic N) is 1. The first-order valence-corrected chi connectivity index (χ1v) is 8.07. The Balaban J connectivity index is 1.37. The number of aryl methyl sites for hydroxylation is 1. The first-order valence-electron chi connectivity index (χ1n) is 8.07. The number of hydrogen-bond acceptors (Lipinski definition) is 5. The number of carbonyl (C=O) groups is 3. The van der Waals surface area contributed by atoms with E-state index < -0.39 is 17.7 Å². The summed E-state index contributed by atoms with van der Waals surface area (Å²) in [6.07, 6.45) is 1.20. The first kappa shape index (κ1) is 15.1. The Kier molecular flexibility index (Phi) is 3.53. The molecular weight excluding hydrogens is 312 g/mol. The maximum atomic E-state index is 12.4. The standard InChI is InChI=1S/C17H18N2O5/c1-9-2-4-10(5-3-9)23-8-13(20)18-19-16(21)14-11-6-7-12(24-11)15(14)17(19)22/h2-5,11-12,14-15H,6-8H2,1H3,(H,18,20)/t11-,12+,14+,15-. The summed E-state index contributed by atoms with van der Waals surface area (Å²) in [5.41, 5.74) is 3.46. The van der Waals surface area contributed by atoms with Gasteiger partial charge in [-0.3, -0.25) is 19.8 Å². The van der Waals surface area contributed by atoms with E-state index in [1.54, 1.807) is 12.1 Å². The van der Waals surface area contributed by atoms with Crippen LogP contribution in [-0.2, 0) is 19.1 Å². The molecule has 0 radical (unpaired) electrons. The molecule has 24 heavy (non-hydrogen) atoms. The average molecular weight is 330 g/mol. The van der Waals surface area contributed by atoms with Gasteiger partial charge in [-0.1, -0.05) is 17.7 Å². The van der Waals surface area contributed by atoms with Gasteiger partial charge in [0.25, 0.3) is 17.7 Å². The van der Waals surface area contributed by atoms with Gasteiger partial charge >= 0.3 is 0 Å². The Labute approximate surface area is 138 Å². The van der Waals surface area contributed by atoms with Crippen LogP contribution < -0.4 is 10.2 Å². The van der Waals surface area contributed by atoms with E-state index in [9.17, 15) is 14.4 Å². The van der Waals surface area contributed by atoms with Crippen molar-refractivity contribution in [1.82, 2.24) is 10.4 Å². The first-order chi connectivity index (χ1) is 11.5. The zero-order chi connectivity index (χ0) is 16.8. The van der Waals surface area contributed by atoms with Gasteiger partial charge < -0.3 is 9.47 Å². The highest BCUT2D eigenvalue weighted by atomic mass is 16.5. The maximum absolute atomic E-state index is 12.4. The molecule has 3 saturated heterocycles. The van der Waals surface area contributed by atoms with Gasteiger partial charge in [0, 0.05) is 0 Å². The van der Waals surface area contributed by atoms with Crippen molar-refractivity contribution in [3.05, 3.63) is 29.8 Å². The summed E-state index contributed by atoms with van der Waals surface area (Å²) in [6, 6.07) is 7.26. The molecule has 0 saturated carbocycles. The van der Waals surface area contributed by atoms with Crippen LogP contribution in [-0.4, -0.2) is 41.5 Å². The van der Waals surface area contributed by atoms with E-state index in [0.717, 1.165) is 23.4 Å². The molecule has 0 spiro atoms. The molecule has 3 fully saturated rings. The topological polar surface area (TPSA) is 84.9 Å². The lowest BCUT2D eigenvalue weighted by Crippen LogP contribution is -2.49. The van der Waals surface area contributed by atoms with Crippen molar-refractivity contribution >= 4 is 17.7 Å². The Morgan fingerprint density at radius 2 is 1.75 bits per heavy atom. The van der Waals surface area contributed by atoms with E-state index in [1.165, 1.54) is 0 Å². The number of hydrogen-bond donors (Lipinski definition) is 1. The summed E-state index contributed by atoms with van der Waals surface area (Å²) in [6.45, 7) is 1.69. The molecule has 1 aromatic rings. The molecule has 0 aromatic heterocycles. The molecule has 126 valence electrons. The van der Waals surface area contributed by atoms with Gasteiger partial charge in [0.15, 0.2) is 6.61 Å². The summed E-state index contributed by atoms with van der Waals surface area (Å²) >= 11 is 0. The molecule has 7 nitrogen and oxygen atoms in total. The lowest BCUT2D eigenvalue weighted by Gasteiger charge is -2.18. The fraction of sp³-hybridized carbons (Fsp3) is 0.471. The van der Waals surface area contributed by atoms with E-state index in [-0.39, 0.29) is 30.6 Å². The Morgan fingerprint density at radius 3 is 2.33 bits per heavy atom. The maximum Gasteiger partial charge on any atom is 0.276 e. The lowest BCUT2D eigenvalue weighted by atomic mass is 9.81. The normalized spacial score (nSPS) is 30.6. The van der Waals surface area contributed by atoms with E-state index >= 15 is 0 Å².